The lowest BCUT2D eigenvalue weighted by Crippen LogP contribution is -2.53. The molecule has 0 amide bonds. The van der Waals surface area contributed by atoms with Gasteiger partial charge in [0.2, 0.25) is 11.0 Å². The number of anilines is 1. The molecule has 2 aromatic carbocycles. The van der Waals surface area contributed by atoms with Crippen molar-refractivity contribution in [3.63, 3.8) is 0 Å². The molecular formula is C17H20N3+. The summed E-state index contributed by atoms with van der Waals surface area (Å²) in [6, 6.07) is 17.2. The van der Waals surface area contributed by atoms with E-state index in [1.165, 1.54) is 27.5 Å². The second-order valence-corrected chi connectivity index (χ2v) is 5.47. The van der Waals surface area contributed by atoms with Crippen LogP contribution in [0.15, 0.2) is 48.5 Å². The van der Waals surface area contributed by atoms with E-state index in [0.29, 0.717) is 0 Å². The van der Waals surface area contributed by atoms with E-state index in [-0.39, 0.29) is 0 Å². The van der Waals surface area contributed by atoms with E-state index < -0.39 is 0 Å². The van der Waals surface area contributed by atoms with Gasteiger partial charge in [-0.1, -0.05) is 22.9 Å². The summed E-state index contributed by atoms with van der Waals surface area (Å²) in [5.41, 5.74) is 3.68. The summed E-state index contributed by atoms with van der Waals surface area (Å²) in [6.45, 7) is 0. The van der Waals surface area contributed by atoms with Gasteiger partial charge in [0, 0.05) is 31.6 Å². The lowest BCUT2D eigenvalue weighted by molar-refractivity contribution is -0.635. The Balaban J connectivity index is 2.53. The minimum absolute atomic E-state index is 1.22. The van der Waals surface area contributed by atoms with Crippen molar-refractivity contribution in [2.45, 2.75) is 0 Å². The maximum Gasteiger partial charge on any atom is 0.245 e. The van der Waals surface area contributed by atoms with Crippen molar-refractivity contribution in [3.05, 3.63) is 48.5 Å². The quantitative estimate of drug-likeness (QED) is 0.521. The van der Waals surface area contributed by atoms with Crippen LogP contribution in [0, 0.1) is 0 Å². The largest absolute Gasteiger partial charge is 0.377 e. The van der Waals surface area contributed by atoms with E-state index in [1.54, 1.807) is 0 Å². The zero-order valence-electron chi connectivity index (χ0n) is 12.5. The number of hydrogen-bond donors (Lipinski definition) is 0. The average Bonchev–Trinajstić information content (AvgIpc) is 2.43. The first-order chi connectivity index (χ1) is 9.59. The van der Waals surface area contributed by atoms with Crippen LogP contribution in [0.2, 0.25) is 0 Å². The second-order valence-electron chi connectivity index (χ2n) is 5.47. The van der Waals surface area contributed by atoms with Gasteiger partial charge in [0.15, 0.2) is 0 Å². The number of nitrogens with zero attached hydrogens (tertiary/aromatic N) is 3. The number of para-hydroxylation sites is 1. The van der Waals surface area contributed by atoms with Crippen LogP contribution >= 0.6 is 0 Å². The molecule has 3 aromatic rings. The fourth-order valence-electron chi connectivity index (χ4n) is 2.78. The van der Waals surface area contributed by atoms with Crippen LogP contribution in [0.5, 0.6) is 0 Å². The molecule has 1 heterocycles. The molecule has 3 heteroatoms. The molecule has 0 aliphatic carbocycles. The van der Waals surface area contributed by atoms with Gasteiger partial charge in [-0.2, -0.15) is 5.01 Å². The number of aromatic nitrogens is 1. The smallest absolute Gasteiger partial charge is 0.245 e. The van der Waals surface area contributed by atoms with Crippen LogP contribution in [0.3, 0.4) is 0 Å². The molecule has 0 spiro atoms. The summed E-state index contributed by atoms with van der Waals surface area (Å²) in [4.78, 5) is 2.16. The van der Waals surface area contributed by atoms with Crippen molar-refractivity contribution < 1.29 is 4.68 Å². The van der Waals surface area contributed by atoms with Gasteiger partial charge in [-0.15, -0.1) is 0 Å². The molecule has 20 heavy (non-hydrogen) atoms. The SMILES string of the molecule is CN(C)c1cccc2c1cc1ccccc1[n+]2N(C)C. The summed E-state index contributed by atoms with van der Waals surface area (Å²) in [7, 11) is 8.33. The number of pyridine rings is 1. The number of rotatable bonds is 2. The van der Waals surface area contributed by atoms with Crippen LogP contribution in [-0.2, 0) is 0 Å². The van der Waals surface area contributed by atoms with Gasteiger partial charge < -0.3 is 4.90 Å². The molecule has 0 aliphatic heterocycles. The van der Waals surface area contributed by atoms with Crippen LogP contribution < -0.4 is 14.6 Å². The Kier molecular flexibility index (Phi) is 2.97. The summed E-state index contributed by atoms with van der Waals surface area (Å²) in [5.74, 6) is 0. The van der Waals surface area contributed by atoms with Gasteiger partial charge in [-0.3, -0.25) is 0 Å². The normalized spacial score (nSPS) is 11.0. The molecule has 0 aliphatic rings. The Morgan fingerprint density at radius 3 is 2.20 bits per heavy atom. The predicted molar refractivity (Wildman–Crippen MR) is 86.0 cm³/mol. The highest BCUT2D eigenvalue weighted by Gasteiger charge is 2.19. The molecule has 0 saturated carbocycles. The number of hydrogen-bond acceptors (Lipinski definition) is 2. The maximum absolute atomic E-state index is 2.28. The fraction of sp³-hybridized carbons (Fsp3) is 0.235. The maximum atomic E-state index is 2.28. The van der Waals surface area contributed by atoms with E-state index in [1.807, 2.05) is 0 Å². The summed E-state index contributed by atoms with van der Waals surface area (Å²) < 4.78 is 2.26. The Bertz CT molecular complexity index is 776. The van der Waals surface area contributed by atoms with E-state index >= 15 is 0 Å². The number of benzene rings is 2. The molecular weight excluding hydrogens is 246 g/mol. The Morgan fingerprint density at radius 2 is 1.50 bits per heavy atom. The van der Waals surface area contributed by atoms with Crippen LogP contribution in [-0.4, -0.2) is 28.2 Å². The average molecular weight is 266 g/mol. The van der Waals surface area contributed by atoms with Crippen molar-refractivity contribution in [2.24, 2.45) is 0 Å². The predicted octanol–water partition coefficient (Wildman–Crippen LogP) is 2.54. The molecule has 0 atom stereocenters. The first-order valence-electron chi connectivity index (χ1n) is 6.81. The molecule has 0 radical (unpaired) electrons. The van der Waals surface area contributed by atoms with Crippen molar-refractivity contribution in [3.8, 4) is 0 Å². The minimum atomic E-state index is 1.22. The third kappa shape index (κ3) is 1.86. The highest BCUT2D eigenvalue weighted by molar-refractivity contribution is 5.96. The lowest BCUT2D eigenvalue weighted by Gasteiger charge is -2.17. The molecule has 102 valence electrons. The first-order valence-corrected chi connectivity index (χ1v) is 6.81. The van der Waals surface area contributed by atoms with Crippen LogP contribution in [0.1, 0.15) is 0 Å². The van der Waals surface area contributed by atoms with E-state index in [0.717, 1.165) is 0 Å². The van der Waals surface area contributed by atoms with Crippen LogP contribution in [0.4, 0.5) is 5.69 Å². The highest BCUT2D eigenvalue weighted by atomic mass is 15.5. The molecule has 0 fully saturated rings. The van der Waals surface area contributed by atoms with Crippen LogP contribution in [0.25, 0.3) is 21.8 Å². The molecule has 3 nitrogen and oxygen atoms in total. The Labute approximate surface area is 119 Å². The zero-order valence-corrected chi connectivity index (χ0v) is 12.5. The molecule has 1 aromatic heterocycles. The first kappa shape index (κ1) is 12.7. The van der Waals surface area contributed by atoms with E-state index in [2.05, 4.69) is 91.3 Å². The Morgan fingerprint density at radius 1 is 0.800 bits per heavy atom. The van der Waals surface area contributed by atoms with Crippen molar-refractivity contribution in [2.75, 3.05) is 38.1 Å². The third-order valence-electron chi connectivity index (χ3n) is 3.63. The van der Waals surface area contributed by atoms with Crippen molar-refractivity contribution >= 4 is 27.5 Å². The van der Waals surface area contributed by atoms with E-state index in [9.17, 15) is 0 Å². The third-order valence-corrected chi connectivity index (χ3v) is 3.63. The van der Waals surface area contributed by atoms with Crippen molar-refractivity contribution in [1.29, 1.82) is 0 Å². The number of fused-ring (bicyclic) bond motifs is 2. The van der Waals surface area contributed by atoms with Gasteiger partial charge in [0.05, 0.1) is 25.2 Å². The summed E-state index contributed by atoms with van der Waals surface area (Å²) in [5, 5.41) is 4.65. The molecule has 0 unspecified atom stereocenters. The lowest BCUT2D eigenvalue weighted by atomic mass is 10.1. The molecule has 0 saturated heterocycles. The van der Waals surface area contributed by atoms with Crippen molar-refractivity contribution in [1.82, 2.24) is 0 Å². The summed E-state index contributed by atoms with van der Waals surface area (Å²) in [6.07, 6.45) is 0. The topological polar surface area (TPSA) is 10.4 Å². The fourth-order valence-corrected chi connectivity index (χ4v) is 2.78. The van der Waals surface area contributed by atoms with Gasteiger partial charge in [-0.05, 0) is 18.2 Å². The summed E-state index contributed by atoms with van der Waals surface area (Å²) >= 11 is 0. The Hall–Kier alpha value is -2.29. The van der Waals surface area contributed by atoms with Gasteiger partial charge >= 0.3 is 0 Å². The molecule has 0 N–H and O–H groups in total. The van der Waals surface area contributed by atoms with Gasteiger partial charge in [-0.25, -0.2) is 0 Å². The molecule has 0 bridgehead atoms. The zero-order chi connectivity index (χ0) is 14.3. The monoisotopic (exact) mass is 266 g/mol. The minimum Gasteiger partial charge on any atom is -0.377 e. The highest BCUT2D eigenvalue weighted by Crippen LogP contribution is 2.26. The standard InChI is InChI=1S/C17H20N3/c1-18(2)16-10-7-11-17-14(16)12-13-8-5-6-9-15(13)20(17)19(3)4/h5-12H,1-4H3/q+1. The molecule has 3 rings (SSSR count). The van der Waals surface area contributed by atoms with E-state index in [4.69, 9.17) is 0 Å². The van der Waals surface area contributed by atoms with Gasteiger partial charge in [0.1, 0.15) is 0 Å². The second kappa shape index (κ2) is 4.67. The van der Waals surface area contributed by atoms with Gasteiger partial charge in [0.25, 0.3) is 0 Å².